The highest BCUT2D eigenvalue weighted by atomic mass is 35.5. The molecule has 0 bridgehead atoms. The van der Waals surface area contributed by atoms with Gasteiger partial charge >= 0.3 is 0 Å². The van der Waals surface area contributed by atoms with E-state index in [4.69, 9.17) is 20.8 Å². The van der Waals surface area contributed by atoms with Crippen molar-refractivity contribution in [2.45, 2.75) is 36.3 Å². The van der Waals surface area contributed by atoms with Gasteiger partial charge in [-0.05, 0) is 31.4 Å². The van der Waals surface area contributed by atoms with Crippen LogP contribution in [-0.4, -0.2) is 39.0 Å². The van der Waals surface area contributed by atoms with Crippen molar-refractivity contribution in [1.29, 1.82) is 0 Å². The Bertz CT molecular complexity index is 508. The summed E-state index contributed by atoms with van der Waals surface area (Å²) in [5, 5.41) is -0.0681. The van der Waals surface area contributed by atoms with Gasteiger partial charge in [0.25, 0.3) is 10.0 Å². The summed E-state index contributed by atoms with van der Waals surface area (Å²) in [5.41, 5.74) is 0. The van der Waals surface area contributed by atoms with E-state index >= 15 is 0 Å². The molecule has 2 heterocycles. The van der Waals surface area contributed by atoms with Crippen LogP contribution < -0.4 is 0 Å². The third-order valence-corrected chi connectivity index (χ3v) is 5.13. The van der Waals surface area contributed by atoms with Crippen molar-refractivity contribution in [1.82, 2.24) is 4.31 Å². The minimum Gasteiger partial charge on any atom is -0.447 e. The van der Waals surface area contributed by atoms with Crippen molar-refractivity contribution in [2.24, 2.45) is 0 Å². The smallest absolute Gasteiger partial charge is 0.276 e. The van der Waals surface area contributed by atoms with Gasteiger partial charge in [-0.1, -0.05) is 0 Å². The molecule has 0 N–H and O–H groups in total. The molecule has 1 aromatic rings. The average Bonchev–Trinajstić information content (AvgIpc) is 2.89. The van der Waals surface area contributed by atoms with Crippen LogP contribution in [0.2, 0.25) is 0 Å². The maximum Gasteiger partial charge on any atom is 0.276 e. The Kier molecular flexibility index (Phi) is 4.89. The van der Waals surface area contributed by atoms with Gasteiger partial charge in [-0.15, -0.1) is 11.6 Å². The fourth-order valence-electron chi connectivity index (χ4n) is 2.06. The van der Waals surface area contributed by atoms with E-state index in [9.17, 15) is 8.42 Å². The molecule has 2 rings (SSSR count). The lowest BCUT2D eigenvalue weighted by atomic mass is 10.1. The Labute approximate surface area is 118 Å². The van der Waals surface area contributed by atoms with Crippen molar-refractivity contribution in [3.05, 3.63) is 17.9 Å². The third-order valence-electron chi connectivity index (χ3n) is 3.17. The van der Waals surface area contributed by atoms with Crippen LogP contribution in [0.25, 0.3) is 0 Å². The summed E-state index contributed by atoms with van der Waals surface area (Å²) in [6, 6.07) is 3.01. The van der Waals surface area contributed by atoms with E-state index in [0.717, 1.165) is 19.3 Å². The van der Waals surface area contributed by atoms with Crippen molar-refractivity contribution in [2.75, 3.05) is 20.2 Å². The molecule has 1 saturated heterocycles. The molecule has 0 radical (unpaired) electrons. The predicted molar refractivity (Wildman–Crippen MR) is 71.7 cm³/mol. The number of hydrogen-bond acceptors (Lipinski definition) is 4. The molecule has 0 aliphatic carbocycles. The molecule has 0 saturated carbocycles. The second-order valence-electron chi connectivity index (χ2n) is 4.63. The van der Waals surface area contributed by atoms with E-state index in [1.165, 1.54) is 17.4 Å². The maximum atomic E-state index is 12.3. The molecule has 5 nitrogen and oxygen atoms in total. The normalized spacial score (nSPS) is 20.9. The predicted octanol–water partition coefficient (Wildman–Crippen LogP) is 2.21. The molecule has 108 valence electrons. The first-order valence-corrected chi connectivity index (χ1v) is 8.24. The largest absolute Gasteiger partial charge is 0.447 e. The first-order valence-electron chi connectivity index (χ1n) is 6.26. The monoisotopic (exact) mass is 307 g/mol. The number of sulfonamides is 1. The average molecular weight is 308 g/mol. The van der Waals surface area contributed by atoms with Crippen LogP contribution in [-0.2, 0) is 20.6 Å². The Morgan fingerprint density at radius 1 is 1.42 bits per heavy atom. The van der Waals surface area contributed by atoms with Crippen LogP contribution in [0.3, 0.4) is 0 Å². The summed E-state index contributed by atoms with van der Waals surface area (Å²) in [6.45, 7) is 1.05. The fraction of sp³-hybridized carbons (Fsp3) is 0.667. The van der Waals surface area contributed by atoms with E-state index in [2.05, 4.69) is 0 Å². The lowest BCUT2D eigenvalue weighted by Crippen LogP contribution is -2.36. The summed E-state index contributed by atoms with van der Waals surface area (Å²) in [6.07, 6.45) is 2.99. The number of nitrogens with zero attached hydrogens (tertiary/aromatic N) is 1. The molecule has 1 unspecified atom stereocenters. The second kappa shape index (κ2) is 6.26. The quantitative estimate of drug-likeness (QED) is 0.783. The van der Waals surface area contributed by atoms with Crippen molar-refractivity contribution in [3.8, 4) is 0 Å². The van der Waals surface area contributed by atoms with Crippen molar-refractivity contribution >= 4 is 21.6 Å². The van der Waals surface area contributed by atoms with Gasteiger partial charge in [-0.25, -0.2) is 8.42 Å². The molecule has 1 aliphatic rings. The fourth-order valence-corrected chi connectivity index (χ4v) is 3.32. The van der Waals surface area contributed by atoms with Gasteiger partial charge in [0, 0.05) is 20.2 Å². The molecule has 0 spiro atoms. The zero-order chi connectivity index (χ0) is 13.9. The first kappa shape index (κ1) is 14.8. The molecule has 1 atom stereocenters. The maximum absolute atomic E-state index is 12.3. The summed E-state index contributed by atoms with van der Waals surface area (Å²) < 4.78 is 36.6. The highest BCUT2D eigenvalue weighted by Gasteiger charge is 2.27. The SMILES string of the molecule is CN(CC1CCCCO1)S(=O)(=O)c1ccc(CCl)o1. The molecule has 19 heavy (non-hydrogen) atoms. The molecule has 1 aromatic heterocycles. The van der Waals surface area contributed by atoms with E-state index in [1.807, 2.05) is 0 Å². The number of rotatable bonds is 5. The standard InChI is InChI=1S/C12H18ClNO4S/c1-14(9-11-4-2-3-7-17-11)19(15,16)12-6-5-10(8-13)18-12/h5-6,11H,2-4,7-9H2,1H3. The number of furan rings is 1. The first-order chi connectivity index (χ1) is 9.04. The van der Waals surface area contributed by atoms with Crippen LogP contribution in [0.15, 0.2) is 21.6 Å². The molecule has 1 fully saturated rings. The number of halogens is 1. The van der Waals surface area contributed by atoms with Gasteiger partial charge in [0.1, 0.15) is 5.76 Å². The van der Waals surface area contributed by atoms with Crippen LogP contribution in [0.5, 0.6) is 0 Å². The minimum atomic E-state index is -3.60. The van der Waals surface area contributed by atoms with E-state index < -0.39 is 10.0 Å². The van der Waals surface area contributed by atoms with Gasteiger partial charge in [0.15, 0.2) is 0 Å². The highest BCUT2D eigenvalue weighted by Crippen LogP contribution is 2.21. The van der Waals surface area contributed by atoms with Gasteiger partial charge in [0.05, 0.1) is 12.0 Å². The van der Waals surface area contributed by atoms with Gasteiger partial charge in [-0.2, -0.15) is 4.31 Å². The van der Waals surface area contributed by atoms with Crippen molar-refractivity contribution < 1.29 is 17.6 Å². The Morgan fingerprint density at radius 3 is 2.79 bits per heavy atom. The number of ether oxygens (including phenoxy) is 1. The third kappa shape index (κ3) is 3.51. The Hall–Kier alpha value is -0.560. The molecule has 1 aliphatic heterocycles. The van der Waals surface area contributed by atoms with Crippen LogP contribution in [0.4, 0.5) is 0 Å². The summed E-state index contributed by atoms with van der Waals surface area (Å²) in [5.74, 6) is 0.605. The van der Waals surface area contributed by atoms with Crippen molar-refractivity contribution in [3.63, 3.8) is 0 Å². The van der Waals surface area contributed by atoms with E-state index in [0.29, 0.717) is 18.9 Å². The van der Waals surface area contributed by atoms with E-state index in [1.54, 1.807) is 6.07 Å². The van der Waals surface area contributed by atoms with Crippen LogP contribution in [0.1, 0.15) is 25.0 Å². The van der Waals surface area contributed by atoms with Crippen LogP contribution in [0, 0.1) is 0 Å². The molecular weight excluding hydrogens is 290 g/mol. The van der Waals surface area contributed by atoms with E-state index in [-0.39, 0.29) is 17.1 Å². The number of likely N-dealkylation sites (N-methyl/N-ethyl adjacent to an activating group) is 1. The highest BCUT2D eigenvalue weighted by molar-refractivity contribution is 7.89. The molecule has 7 heteroatoms. The van der Waals surface area contributed by atoms with Crippen LogP contribution >= 0.6 is 11.6 Å². The van der Waals surface area contributed by atoms with Gasteiger partial charge in [0.2, 0.25) is 5.09 Å². The zero-order valence-corrected chi connectivity index (χ0v) is 12.4. The number of hydrogen-bond donors (Lipinski definition) is 0. The second-order valence-corrected chi connectivity index (χ2v) is 6.87. The summed E-state index contributed by atoms with van der Waals surface area (Å²) in [7, 11) is -2.06. The topological polar surface area (TPSA) is 59.8 Å². The Morgan fingerprint density at radius 2 is 2.21 bits per heavy atom. The summed E-state index contributed by atoms with van der Waals surface area (Å²) in [4.78, 5) is 0. The lowest BCUT2D eigenvalue weighted by molar-refractivity contribution is 0.00845. The zero-order valence-electron chi connectivity index (χ0n) is 10.8. The minimum absolute atomic E-state index is 0.0315. The lowest BCUT2D eigenvalue weighted by Gasteiger charge is -2.26. The van der Waals surface area contributed by atoms with Gasteiger partial charge < -0.3 is 9.15 Å². The summed E-state index contributed by atoms with van der Waals surface area (Å²) >= 11 is 5.60. The Balaban J connectivity index is 2.05. The van der Waals surface area contributed by atoms with Gasteiger partial charge in [-0.3, -0.25) is 0 Å². The number of alkyl halides is 1. The molecule has 0 aromatic carbocycles. The molecular formula is C12H18ClNO4S. The molecule has 0 amide bonds.